The number of nitrogens with two attached hydrogens (primary N) is 1. The highest BCUT2D eigenvalue weighted by molar-refractivity contribution is 4.69. The van der Waals surface area contributed by atoms with E-state index in [1.165, 1.54) is 32.1 Å². The molecule has 1 rings (SSSR count). The van der Waals surface area contributed by atoms with Gasteiger partial charge in [-0.2, -0.15) is 0 Å². The second-order valence-electron chi connectivity index (χ2n) is 3.82. The maximum atomic E-state index is 5.00. The van der Waals surface area contributed by atoms with Crippen molar-refractivity contribution in [2.24, 2.45) is 17.7 Å². The van der Waals surface area contributed by atoms with Crippen LogP contribution in [0.2, 0.25) is 0 Å². The molecule has 2 heteroatoms. The van der Waals surface area contributed by atoms with Crippen molar-refractivity contribution >= 4 is 0 Å². The van der Waals surface area contributed by atoms with Gasteiger partial charge >= 0.3 is 0 Å². The van der Waals surface area contributed by atoms with Crippen molar-refractivity contribution in [3.8, 4) is 0 Å². The van der Waals surface area contributed by atoms with Crippen LogP contribution in [0, 0.1) is 11.8 Å². The first kappa shape index (κ1) is 9.01. The van der Waals surface area contributed by atoms with E-state index in [0.717, 1.165) is 12.5 Å². The highest BCUT2D eigenvalue weighted by Gasteiger charge is 2.17. The van der Waals surface area contributed by atoms with Crippen LogP contribution in [0.25, 0.3) is 0 Å². The zero-order valence-electron chi connectivity index (χ0n) is 7.38. The Morgan fingerprint density at radius 1 is 1.45 bits per heavy atom. The third-order valence-corrected chi connectivity index (χ3v) is 2.59. The van der Waals surface area contributed by atoms with Gasteiger partial charge in [-0.15, -0.1) is 0 Å². The molecule has 0 aromatic heterocycles. The van der Waals surface area contributed by atoms with Crippen LogP contribution in [0.3, 0.4) is 0 Å². The number of hydrogen-bond donors (Lipinski definition) is 1. The summed E-state index contributed by atoms with van der Waals surface area (Å²) in [6.07, 6.45) is 7.02. The minimum absolute atomic E-state index is 0.642. The van der Waals surface area contributed by atoms with Gasteiger partial charge in [0.2, 0.25) is 0 Å². The van der Waals surface area contributed by atoms with Crippen molar-refractivity contribution in [2.45, 2.75) is 39.0 Å². The molecule has 66 valence electrons. The molecule has 0 aliphatic heterocycles. The van der Waals surface area contributed by atoms with Crippen molar-refractivity contribution in [1.82, 2.24) is 0 Å². The molecule has 0 saturated heterocycles. The molecule has 1 saturated carbocycles. The average molecular weight is 157 g/mol. The van der Waals surface area contributed by atoms with Gasteiger partial charge in [0, 0.05) is 0 Å². The molecule has 0 radical (unpaired) electrons. The van der Waals surface area contributed by atoms with Gasteiger partial charge in [-0.05, 0) is 18.3 Å². The Bertz CT molecular complexity index is 99.7. The van der Waals surface area contributed by atoms with E-state index in [0.29, 0.717) is 5.92 Å². The molecule has 0 aromatic carbocycles. The number of rotatable bonds is 4. The normalized spacial score (nSPS) is 22.4. The fourth-order valence-corrected chi connectivity index (χ4v) is 2.05. The van der Waals surface area contributed by atoms with Gasteiger partial charge in [-0.1, -0.05) is 32.6 Å². The predicted molar refractivity (Wildman–Crippen MR) is 45.9 cm³/mol. The summed E-state index contributed by atoms with van der Waals surface area (Å²) in [4.78, 5) is 4.61. The van der Waals surface area contributed by atoms with E-state index in [4.69, 9.17) is 5.90 Å². The molecule has 0 aromatic rings. The highest BCUT2D eigenvalue weighted by atomic mass is 16.6. The lowest BCUT2D eigenvalue weighted by atomic mass is 9.95. The second kappa shape index (κ2) is 4.73. The summed E-state index contributed by atoms with van der Waals surface area (Å²) in [6, 6.07) is 0. The lowest BCUT2D eigenvalue weighted by Gasteiger charge is -2.14. The van der Waals surface area contributed by atoms with Crippen LogP contribution in [0.15, 0.2) is 0 Å². The summed E-state index contributed by atoms with van der Waals surface area (Å²) < 4.78 is 0. The molecule has 1 aliphatic carbocycles. The quantitative estimate of drug-likeness (QED) is 0.634. The van der Waals surface area contributed by atoms with Crippen molar-refractivity contribution in [3.05, 3.63) is 0 Å². The van der Waals surface area contributed by atoms with Crippen molar-refractivity contribution in [3.63, 3.8) is 0 Å². The molecular weight excluding hydrogens is 138 g/mol. The molecular formula is C9H19NO. The fourth-order valence-electron chi connectivity index (χ4n) is 2.05. The van der Waals surface area contributed by atoms with E-state index >= 15 is 0 Å². The van der Waals surface area contributed by atoms with Gasteiger partial charge in [-0.3, -0.25) is 0 Å². The van der Waals surface area contributed by atoms with Gasteiger partial charge < -0.3 is 4.84 Å². The van der Waals surface area contributed by atoms with E-state index in [1.807, 2.05) is 0 Å². The Morgan fingerprint density at radius 3 is 2.64 bits per heavy atom. The zero-order valence-corrected chi connectivity index (χ0v) is 7.38. The Kier molecular flexibility index (Phi) is 3.87. The smallest absolute Gasteiger partial charge is 0.0704 e. The summed E-state index contributed by atoms with van der Waals surface area (Å²) >= 11 is 0. The predicted octanol–water partition coefficient (Wildman–Crippen LogP) is 2.09. The van der Waals surface area contributed by atoms with Gasteiger partial charge in [0.25, 0.3) is 0 Å². The fraction of sp³-hybridized carbons (Fsp3) is 1.00. The number of hydrogen-bond acceptors (Lipinski definition) is 2. The lowest BCUT2D eigenvalue weighted by Crippen LogP contribution is -2.12. The Hall–Kier alpha value is -0.0800. The van der Waals surface area contributed by atoms with Crippen molar-refractivity contribution in [2.75, 3.05) is 6.61 Å². The first-order valence-corrected chi connectivity index (χ1v) is 4.64. The van der Waals surface area contributed by atoms with Gasteiger partial charge in [-0.25, -0.2) is 5.90 Å². The van der Waals surface area contributed by atoms with E-state index in [2.05, 4.69) is 11.8 Å². The lowest BCUT2D eigenvalue weighted by molar-refractivity contribution is 0.0979. The minimum atomic E-state index is 0.642. The molecule has 2 nitrogen and oxygen atoms in total. The summed E-state index contributed by atoms with van der Waals surface area (Å²) in [5.74, 6) is 6.60. The average Bonchev–Trinajstić information content (AvgIpc) is 2.40. The summed E-state index contributed by atoms with van der Waals surface area (Å²) in [6.45, 7) is 2.93. The molecule has 1 fully saturated rings. The third-order valence-electron chi connectivity index (χ3n) is 2.59. The molecule has 0 heterocycles. The Morgan fingerprint density at radius 2 is 2.09 bits per heavy atom. The maximum Gasteiger partial charge on any atom is 0.0704 e. The van der Waals surface area contributed by atoms with E-state index in [-0.39, 0.29) is 0 Å². The van der Waals surface area contributed by atoms with Crippen LogP contribution in [-0.4, -0.2) is 6.61 Å². The summed E-state index contributed by atoms with van der Waals surface area (Å²) in [7, 11) is 0. The standard InChI is InChI=1S/C9H19NO/c1-8(7-11-10)6-9-4-2-3-5-9/h8-9H,2-7,10H2,1H3. The second-order valence-corrected chi connectivity index (χ2v) is 3.82. The zero-order chi connectivity index (χ0) is 8.10. The van der Waals surface area contributed by atoms with Crippen LogP contribution in [0.4, 0.5) is 0 Å². The third kappa shape index (κ3) is 3.21. The molecule has 1 unspecified atom stereocenters. The molecule has 11 heavy (non-hydrogen) atoms. The largest absolute Gasteiger partial charge is 0.304 e. The van der Waals surface area contributed by atoms with E-state index in [1.54, 1.807) is 0 Å². The molecule has 1 aliphatic rings. The Balaban J connectivity index is 2.08. The van der Waals surface area contributed by atoms with Crippen LogP contribution >= 0.6 is 0 Å². The Labute approximate surface area is 69.1 Å². The SMILES string of the molecule is CC(CON)CC1CCCC1. The van der Waals surface area contributed by atoms with Crippen molar-refractivity contribution < 1.29 is 4.84 Å². The first-order chi connectivity index (χ1) is 5.33. The molecule has 0 amide bonds. The molecule has 0 spiro atoms. The molecule has 2 N–H and O–H groups in total. The first-order valence-electron chi connectivity index (χ1n) is 4.64. The summed E-state index contributed by atoms with van der Waals surface area (Å²) in [5.41, 5.74) is 0. The van der Waals surface area contributed by atoms with Gasteiger partial charge in [0.1, 0.15) is 0 Å². The van der Waals surface area contributed by atoms with Crippen LogP contribution in [0.5, 0.6) is 0 Å². The molecule has 0 bridgehead atoms. The topological polar surface area (TPSA) is 35.2 Å². The summed E-state index contributed by atoms with van der Waals surface area (Å²) in [5, 5.41) is 0. The van der Waals surface area contributed by atoms with Crippen LogP contribution in [-0.2, 0) is 4.84 Å². The maximum absolute atomic E-state index is 5.00. The van der Waals surface area contributed by atoms with Gasteiger partial charge in [0.15, 0.2) is 0 Å². The van der Waals surface area contributed by atoms with Crippen LogP contribution in [0.1, 0.15) is 39.0 Å². The van der Waals surface area contributed by atoms with Crippen molar-refractivity contribution in [1.29, 1.82) is 0 Å². The van der Waals surface area contributed by atoms with Crippen LogP contribution < -0.4 is 5.90 Å². The van der Waals surface area contributed by atoms with E-state index < -0.39 is 0 Å². The minimum Gasteiger partial charge on any atom is -0.304 e. The highest BCUT2D eigenvalue weighted by Crippen LogP contribution is 2.30. The van der Waals surface area contributed by atoms with E-state index in [9.17, 15) is 0 Å². The monoisotopic (exact) mass is 157 g/mol. The van der Waals surface area contributed by atoms with Gasteiger partial charge in [0.05, 0.1) is 6.61 Å². The molecule has 1 atom stereocenters.